The minimum Gasteiger partial charge on any atom is -0.392 e. The second-order valence-electron chi connectivity index (χ2n) is 3.96. The van der Waals surface area contributed by atoms with Crippen LogP contribution in [-0.2, 0) is 6.42 Å². The summed E-state index contributed by atoms with van der Waals surface area (Å²) in [6.45, 7) is 2.67. The third-order valence-corrected chi connectivity index (χ3v) is 3.96. The minimum atomic E-state index is -0.107. The van der Waals surface area contributed by atoms with Gasteiger partial charge in [-0.2, -0.15) is 0 Å². The number of rotatable bonds is 3. The van der Waals surface area contributed by atoms with E-state index >= 15 is 0 Å². The highest BCUT2D eigenvalue weighted by Crippen LogP contribution is 2.23. The number of likely N-dealkylation sites (tertiary alicyclic amines) is 1. The third kappa shape index (κ3) is 2.30. The zero-order valence-corrected chi connectivity index (χ0v) is 11.2. The Bertz CT molecular complexity index is 445. The maximum absolute atomic E-state index is 12.3. The second-order valence-corrected chi connectivity index (χ2v) is 5.19. The molecule has 2 rings (SSSR count). The molecule has 0 bridgehead atoms. The molecule has 0 spiro atoms. The average molecular weight is 270 g/mol. The van der Waals surface area contributed by atoms with Crippen LogP contribution in [-0.4, -0.2) is 38.0 Å². The van der Waals surface area contributed by atoms with Gasteiger partial charge in [-0.1, -0.05) is 23.6 Å². The maximum Gasteiger partial charge on any atom is 0.268 e. The standard InChI is InChI=1S/C10H14N4OS2/c1-2-6-8(17-13-12-6)10(15)14-5-3-4-7(14)9(11)16/h7H,2-5H2,1H3,(H2,11,16). The molecule has 0 aromatic carbocycles. The van der Waals surface area contributed by atoms with Crippen LogP contribution >= 0.6 is 23.8 Å². The molecule has 1 aromatic rings. The van der Waals surface area contributed by atoms with Crippen LogP contribution < -0.4 is 5.73 Å². The number of hydrogen-bond donors (Lipinski definition) is 1. The number of nitrogens with two attached hydrogens (primary N) is 1. The van der Waals surface area contributed by atoms with Crippen LogP contribution in [0.5, 0.6) is 0 Å². The molecule has 5 nitrogen and oxygen atoms in total. The van der Waals surface area contributed by atoms with E-state index in [0.717, 1.165) is 30.1 Å². The molecule has 1 aromatic heterocycles. The normalized spacial score (nSPS) is 19.6. The number of aromatic nitrogens is 2. The summed E-state index contributed by atoms with van der Waals surface area (Å²) in [4.78, 5) is 15.1. The van der Waals surface area contributed by atoms with Crippen LogP contribution in [0.1, 0.15) is 35.1 Å². The van der Waals surface area contributed by atoms with Gasteiger partial charge >= 0.3 is 0 Å². The molecule has 17 heavy (non-hydrogen) atoms. The van der Waals surface area contributed by atoms with E-state index in [2.05, 4.69) is 9.59 Å². The van der Waals surface area contributed by atoms with E-state index in [4.69, 9.17) is 18.0 Å². The van der Waals surface area contributed by atoms with Crippen molar-refractivity contribution in [3.63, 3.8) is 0 Å². The molecular formula is C10H14N4OS2. The van der Waals surface area contributed by atoms with Crippen molar-refractivity contribution in [3.8, 4) is 0 Å². The smallest absolute Gasteiger partial charge is 0.268 e. The Labute approximate surface area is 109 Å². The monoisotopic (exact) mass is 270 g/mol. The zero-order valence-electron chi connectivity index (χ0n) is 9.55. The van der Waals surface area contributed by atoms with Crippen LogP contribution in [0, 0.1) is 0 Å². The first kappa shape index (κ1) is 12.4. The van der Waals surface area contributed by atoms with Crippen molar-refractivity contribution in [2.24, 2.45) is 5.73 Å². The number of amides is 1. The molecule has 1 aliphatic heterocycles. The molecule has 2 heterocycles. The van der Waals surface area contributed by atoms with Crippen LogP contribution in [0.25, 0.3) is 0 Å². The van der Waals surface area contributed by atoms with Gasteiger partial charge in [0.15, 0.2) is 0 Å². The van der Waals surface area contributed by atoms with Gasteiger partial charge in [-0.15, -0.1) is 5.10 Å². The molecule has 1 unspecified atom stereocenters. The fourth-order valence-electron chi connectivity index (χ4n) is 2.04. The minimum absolute atomic E-state index is 0.0350. The predicted molar refractivity (Wildman–Crippen MR) is 70.1 cm³/mol. The summed E-state index contributed by atoms with van der Waals surface area (Å²) >= 11 is 6.14. The molecular weight excluding hydrogens is 256 g/mol. The van der Waals surface area contributed by atoms with Gasteiger partial charge in [0.1, 0.15) is 4.88 Å². The third-order valence-electron chi connectivity index (χ3n) is 2.93. The van der Waals surface area contributed by atoms with Gasteiger partial charge in [-0.3, -0.25) is 4.79 Å². The first-order valence-corrected chi connectivity index (χ1v) is 6.74. The summed E-state index contributed by atoms with van der Waals surface area (Å²) in [6, 6.07) is -0.107. The van der Waals surface area contributed by atoms with E-state index in [1.165, 1.54) is 0 Å². The number of hydrogen-bond acceptors (Lipinski definition) is 5. The van der Waals surface area contributed by atoms with E-state index in [-0.39, 0.29) is 11.9 Å². The Hall–Kier alpha value is -1.08. The molecule has 7 heteroatoms. The number of thiocarbonyl (C=S) groups is 1. The zero-order chi connectivity index (χ0) is 12.4. The van der Waals surface area contributed by atoms with Gasteiger partial charge in [0.25, 0.3) is 5.91 Å². The summed E-state index contributed by atoms with van der Waals surface area (Å²) < 4.78 is 3.84. The summed E-state index contributed by atoms with van der Waals surface area (Å²) in [7, 11) is 0. The molecule has 1 fully saturated rings. The first-order chi connectivity index (χ1) is 8.15. The Morgan fingerprint density at radius 3 is 3.12 bits per heavy atom. The largest absolute Gasteiger partial charge is 0.392 e. The summed E-state index contributed by atoms with van der Waals surface area (Å²) in [5.41, 5.74) is 6.42. The Balaban J connectivity index is 2.23. The summed E-state index contributed by atoms with van der Waals surface area (Å²) in [5, 5.41) is 3.95. The van der Waals surface area contributed by atoms with E-state index in [1.807, 2.05) is 6.92 Å². The van der Waals surface area contributed by atoms with Gasteiger partial charge in [-0.05, 0) is 30.8 Å². The van der Waals surface area contributed by atoms with Crippen molar-refractivity contribution in [2.75, 3.05) is 6.54 Å². The van der Waals surface area contributed by atoms with E-state index in [1.54, 1.807) is 4.90 Å². The van der Waals surface area contributed by atoms with Crippen molar-refractivity contribution in [1.29, 1.82) is 0 Å². The van der Waals surface area contributed by atoms with E-state index in [9.17, 15) is 4.79 Å². The molecule has 92 valence electrons. The van der Waals surface area contributed by atoms with Crippen molar-refractivity contribution < 1.29 is 4.79 Å². The van der Waals surface area contributed by atoms with Crippen LogP contribution in [0.15, 0.2) is 0 Å². The van der Waals surface area contributed by atoms with Gasteiger partial charge in [0.2, 0.25) is 0 Å². The van der Waals surface area contributed by atoms with Crippen molar-refractivity contribution in [3.05, 3.63) is 10.6 Å². The van der Waals surface area contributed by atoms with Gasteiger partial charge in [0.05, 0.1) is 16.7 Å². The lowest BCUT2D eigenvalue weighted by Crippen LogP contribution is -2.42. The van der Waals surface area contributed by atoms with Gasteiger partial charge in [-0.25, -0.2) is 0 Å². The Morgan fingerprint density at radius 1 is 1.71 bits per heavy atom. The fraction of sp³-hybridized carbons (Fsp3) is 0.600. The molecule has 1 saturated heterocycles. The summed E-state index contributed by atoms with van der Waals surface area (Å²) in [5.74, 6) is -0.0350. The highest BCUT2D eigenvalue weighted by atomic mass is 32.1. The topological polar surface area (TPSA) is 72.1 Å². The molecule has 0 aliphatic carbocycles. The van der Waals surface area contributed by atoms with Crippen LogP contribution in [0.2, 0.25) is 0 Å². The van der Waals surface area contributed by atoms with Crippen molar-refractivity contribution in [2.45, 2.75) is 32.2 Å². The second kappa shape index (κ2) is 5.05. The fourth-order valence-corrected chi connectivity index (χ4v) is 2.99. The van der Waals surface area contributed by atoms with Crippen LogP contribution in [0.4, 0.5) is 0 Å². The molecule has 1 aliphatic rings. The number of carbonyl (C=O) groups excluding carboxylic acids is 1. The number of carbonyl (C=O) groups is 1. The Morgan fingerprint density at radius 2 is 2.47 bits per heavy atom. The highest BCUT2D eigenvalue weighted by molar-refractivity contribution is 7.80. The van der Waals surface area contributed by atoms with E-state index < -0.39 is 0 Å². The first-order valence-electron chi connectivity index (χ1n) is 5.56. The highest BCUT2D eigenvalue weighted by Gasteiger charge is 2.33. The molecule has 0 radical (unpaired) electrons. The van der Waals surface area contributed by atoms with Gasteiger partial charge < -0.3 is 10.6 Å². The van der Waals surface area contributed by atoms with Gasteiger partial charge in [0, 0.05) is 6.54 Å². The average Bonchev–Trinajstić information content (AvgIpc) is 2.96. The quantitative estimate of drug-likeness (QED) is 0.829. The van der Waals surface area contributed by atoms with Crippen molar-refractivity contribution >= 4 is 34.6 Å². The number of nitrogens with zero attached hydrogens (tertiary/aromatic N) is 3. The lowest BCUT2D eigenvalue weighted by Gasteiger charge is -2.23. The van der Waals surface area contributed by atoms with E-state index in [0.29, 0.717) is 22.8 Å². The lowest BCUT2D eigenvalue weighted by molar-refractivity contribution is 0.0774. The number of aryl methyl sites for hydroxylation is 1. The predicted octanol–water partition coefficient (Wildman–Crippen LogP) is 0.991. The molecule has 1 atom stereocenters. The molecule has 1 amide bonds. The SMILES string of the molecule is CCc1nnsc1C(=O)N1CCCC1C(N)=S. The summed E-state index contributed by atoms with van der Waals surface area (Å²) in [6.07, 6.45) is 2.51. The van der Waals surface area contributed by atoms with Crippen molar-refractivity contribution in [1.82, 2.24) is 14.5 Å². The molecule has 2 N–H and O–H groups in total. The Kier molecular flexibility index (Phi) is 3.68. The lowest BCUT2D eigenvalue weighted by atomic mass is 10.2. The molecule has 0 saturated carbocycles. The maximum atomic E-state index is 12.3. The van der Waals surface area contributed by atoms with Crippen LogP contribution in [0.3, 0.4) is 0 Å².